The summed E-state index contributed by atoms with van der Waals surface area (Å²) < 4.78 is 17.9. The van der Waals surface area contributed by atoms with E-state index in [0.717, 1.165) is 4.90 Å². The van der Waals surface area contributed by atoms with Crippen LogP contribution in [-0.2, 0) is 25.5 Å². The van der Waals surface area contributed by atoms with Gasteiger partial charge in [0.15, 0.2) is 6.10 Å². The van der Waals surface area contributed by atoms with Gasteiger partial charge in [-0.2, -0.15) is 0 Å². The van der Waals surface area contributed by atoms with Crippen LogP contribution in [0.4, 0.5) is 10.1 Å². The lowest BCUT2D eigenvalue weighted by molar-refractivity contribution is -0.155. The average molecular weight is 384 g/mol. The fraction of sp³-hybridized carbons (Fsp3) is 0.200. The number of nitrogens with one attached hydrogen (secondary N) is 1. The average Bonchev–Trinajstić information content (AvgIpc) is 2.67. The van der Waals surface area contributed by atoms with E-state index in [-0.39, 0.29) is 6.42 Å². The topological polar surface area (TPSA) is 92.8 Å². The minimum absolute atomic E-state index is 0.00972. The van der Waals surface area contributed by atoms with Crippen molar-refractivity contribution in [3.05, 3.63) is 65.5 Å². The zero-order valence-electron chi connectivity index (χ0n) is 15.0. The summed E-state index contributed by atoms with van der Waals surface area (Å²) in [4.78, 5) is 49.6. The number of esters is 1. The van der Waals surface area contributed by atoms with Gasteiger partial charge in [0.05, 0.1) is 6.42 Å². The van der Waals surface area contributed by atoms with Gasteiger partial charge in [-0.05, 0) is 42.8 Å². The van der Waals surface area contributed by atoms with E-state index in [1.807, 2.05) is 0 Å². The van der Waals surface area contributed by atoms with E-state index >= 15 is 0 Å². The maximum atomic E-state index is 12.9. The Bertz CT molecular complexity index is 942. The van der Waals surface area contributed by atoms with Crippen LogP contribution >= 0.6 is 0 Å². The second-order valence-corrected chi connectivity index (χ2v) is 6.25. The highest BCUT2D eigenvalue weighted by Gasteiger charge is 2.33. The standard InChI is InChI=1S/C20H17FN2O5/c1-12(19(26)22-15-8-6-14(21)7-9-15)28-18(25)11-23-17(24)10-13-4-2-3-5-16(13)20(23)27/h2-9,12H,10-11H2,1H3,(H,22,26)/t12-/m1/s1. The van der Waals surface area contributed by atoms with E-state index in [1.165, 1.54) is 31.2 Å². The van der Waals surface area contributed by atoms with Gasteiger partial charge < -0.3 is 10.1 Å². The first kappa shape index (κ1) is 19.2. The Morgan fingerprint density at radius 3 is 2.54 bits per heavy atom. The summed E-state index contributed by atoms with van der Waals surface area (Å²) in [5.74, 6) is -3.05. The summed E-state index contributed by atoms with van der Waals surface area (Å²) >= 11 is 0. The molecule has 1 heterocycles. The lowest BCUT2D eigenvalue weighted by atomic mass is 9.98. The number of ether oxygens (including phenoxy) is 1. The van der Waals surface area contributed by atoms with Crippen LogP contribution in [0.5, 0.6) is 0 Å². The number of hydrogen-bond donors (Lipinski definition) is 1. The van der Waals surface area contributed by atoms with E-state index in [0.29, 0.717) is 16.8 Å². The maximum absolute atomic E-state index is 12.9. The lowest BCUT2D eigenvalue weighted by Gasteiger charge is -2.26. The number of carbonyl (C=O) groups is 4. The monoisotopic (exact) mass is 384 g/mol. The van der Waals surface area contributed by atoms with Crippen molar-refractivity contribution >= 4 is 29.4 Å². The molecule has 0 bridgehead atoms. The molecule has 2 aromatic rings. The highest BCUT2D eigenvalue weighted by Crippen LogP contribution is 2.19. The molecule has 0 saturated carbocycles. The molecule has 1 aliphatic heterocycles. The van der Waals surface area contributed by atoms with Gasteiger partial charge in [0.1, 0.15) is 12.4 Å². The first-order valence-electron chi connectivity index (χ1n) is 8.53. The SMILES string of the molecule is C[C@@H](OC(=O)CN1C(=O)Cc2ccccc2C1=O)C(=O)Nc1ccc(F)cc1. The number of rotatable bonds is 5. The van der Waals surface area contributed by atoms with Crippen molar-refractivity contribution in [2.24, 2.45) is 0 Å². The molecule has 1 atom stereocenters. The number of benzene rings is 2. The van der Waals surface area contributed by atoms with E-state index < -0.39 is 42.2 Å². The van der Waals surface area contributed by atoms with E-state index in [9.17, 15) is 23.6 Å². The van der Waals surface area contributed by atoms with Crippen molar-refractivity contribution in [1.82, 2.24) is 4.90 Å². The summed E-state index contributed by atoms with van der Waals surface area (Å²) in [6.07, 6.45) is -1.16. The van der Waals surface area contributed by atoms with Crippen molar-refractivity contribution in [3.8, 4) is 0 Å². The van der Waals surface area contributed by atoms with Crippen LogP contribution in [0, 0.1) is 5.82 Å². The molecule has 0 spiro atoms. The molecule has 28 heavy (non-hydrogen) atoms. The Hall–Kier alpha value is -3.55. The van der Waals surface area contributed by atoms with Crippen LogP contribution in [0.2, 0.25) is 0 Å². The van der Waals surface area contributed by atoms with Gasteiger partial charge >= 0.3 is 5.97 Å². The summed E-state index contributed by atoms with van der Waals surface area (Å²) in [6, 6.07) is 11.8. The van der Waals surface area contributed by atoms with Crippen molar-refractivity contribution in [3.63, 3.8) is 0 Å². The first-order valence-corrected chi connectivity index (χ1v) is 8.53. The molecule has 1 aliphatic rings. The van der Waals surface area contributed by atoms with Crippen molar-refractivity contribution in [2.75, 3.05) is 11.9 Å². The Labute approximate surface area is 160 Å². The van der Waals surface area contributed by atoms with Gasteiger partial charge in [-0.25, -0.2) is 4.39 Å². The minimum atomic E-state index is -1.17. The highest BCUT2D eigenvalue weighted by atomic mass is 19.1. The van der Waals surface area contributed by atoms with Crippen LogP contribution in [-0.4, -0.2) is 41.2 Å². The third-order valence-corrected chi connectivity index (χ3v) is 4.21. The lowest BCUT2D eigenvalue weighted by Crippen LogP contribution is -2.46. The van der Waals surface area contributed by atoms with Gasteiger partial charge in [0, 0.05) is 11.3 Å². The van der Waals surface area contributed by atoms with Gasteiger partial charge in [-0.15, -0.1) is 0 Å². The molecule has 2 aromatic carbocycles. The molecular formula is C20H17FN2O5. The number of carbonyl (C=O) groups excluding carboxylic acids is 4. The third kappa shape index (κ3) is 4.22. The maximum Gasteiger partial charge on any atom is 0.326 e. The largest absolute Gasteiger partial charge is 0.451 e. The Morgan fingerprint density at radius 2 is 1.82 bits per heavy atom. The van der Waals surface area contributed by atoms with Gasteiger partial charge in [-0.3, -0.25) is 24.1 Å². The summed E-state index contributed by atoms with van der Waals surface area (Å²) in [6.45, 7) is 0.770. The second kappa shape index (κ2) is 7.99. The number of amides is 3. The minimum Gasteiger partial charge on any atom is -0.451 e. The van der Waals surface area contributed by atoms with Crippen molar-refractivity contribution in [2.45, 2.75) is 19.4 Å². The van der Waals surface area contributed by atoms with E-state index in [1.54, 1.807) is 24.3 Å². The summed E-state index contributed by atoms with van der Waals surface area (Å²) in [5, 5.41) is 2.48. The van der Waals surface area contributed by atoms with Crippen LogP contribution in [0.25, 0.3) is 0 Å². The molecule has 144 valence electrons. The molecule has 0 unspecified atom stereocenters. The molecule has 0 radical (unpaired) electrons. The molecule has 0 fully saturated rings. The summed E-state index contributed by atoms with van der Waals surface area (Å²) in [5.41, 5.74) is 1.30. The Balaban J connectivity index is 1.59. The number of nitrogens with zero attached hydrogens (tertiary/aromatic N) is 1. The van der Waals surface area contributed by atoms with Gasteiger partial charge in [0.25, 0.3) is 11.8 Å². The van der Waals surface area contributed by atoms with Gasteiger partial charge in [0.2, 0.25) is 5.91 Å². The van der Waals surface area contributed by atoms with E-state index in [4.69, 9.17) is 4.74 Å². The second-order valence-electron chi connectivity index (χ2n) is 6.25. The zero-order chi connectivity index (χ0) is 20.3. The third-order valence-electron chi connectivity index (χ3n) is 4.21. The number of anilines is 1. The van der Waals surface area contributed by atoms with Crippen LogP contribution in [0.15, 0.2) is 48.5 Å². The van der Waals surface area contributed by atoms with E-state index in [2.05, 4.69) is 5.32 Å². The molecule has 1 N–H and O–H groups in total. The van der Waals surface area contributed by atoms with Crippen LogP contribution in [0.3, 0.4) is 0 Å². The fourth-order valence-electron chi connectivity index (χ4n) is 2.75. The number of hydrogen-bond acceptors (Lipinski definition) is 5. The summed E-state index contributed by atoms with van der Waals surface area (Å²) in [7, 11) is 0. The van der Waals surface area contributed by atoms with Crippen molar-refractivity contribution < 1.29 is 28.3 Å². The van der Waals surface area contributed by atoms with Gasteiger partial charge in [-0.1, -0.05) is 18.2 Å². The predicted octanol–water partition coefficient (Wildman–Crippen LogP) is 1.92. The highest BCUT2D eigenvalue weighted by molar-refractivity contribution is 6.11. The molecule has 7 nitrogen and oxygen atoms in total. The molecule has 0 aromatic heterocycles. The quantitative estimate of drug-likeness (QED) is 0.628. The van der Waals surface area contributed by atoms with Crippen LogP contribution in [0.1, 0.15) is 22.8 Å². The smallest absolute Gasteiger partial charge is 0.326 e. The fourth-order valence-corrected chi connectivity index (χ4v) is 2.75. The Kier molecular flexibility index (Phi) is 5.49. The first-order chi connectivity index (χ1) is 13.3. The molecule has 8 heteroatoms. The molecular weight excluding hydrogens is 367 g/mol. The molecule has 0 saturated heterocycles. The molecule has 0 aliphatic carbocycles. The van der Waals surface area contributed by atoms with Crippen LogP contribution < -0.4 is 5.32 Å². The number of halogens is 1. The molecule has 3 amide bonds. The normalized spacial score (nSPS) is 14.3. The predicted molar refractivity (Wildman–Crippen MR) is 96.8 cm³/mol. The number of imide groups is 1. The van der Waals surface area contributed by atoms with Crippen molar-refractivity contribution in [1.29, 1.82) is 0 Å². The number of fused-ring (bicyclic) bond motifs is 1. The zero-order valence-corrected chi connectivity index (χ0v) is 15.0. The molecule has 3 rings (SSSR count). The Morgan fingerprint density at radius 1 is 1.14 bits per heavy atom.